The van der Waals surface area contributed by atoms with Gasteiger partial charge >= 0.3 is 0 Å². The smallest absolute Gasteiger partial charge is 0.246 e. The number of halogens is 2. The van der Waals surface area contributed by atoms with Crippen molar-refractivity contribution in [1.29, 1.82) is 0 Å². The lowest BCUT2D eigenvalue weighted by molar-refractivity contribution is 0.376. The Morgan fingerprint density at radius 3 is 2.46 bits per heavy atom. The molecule has 5 nitrogen and oxygen atoms in total. The Morgan fingerprint density at radius 1 is 1.04 bits per heavy atom. The van der Waals surface area contributed by atoms with Crippen molar-refractivity contribution in [3.05, 3.63) is 66.1 Å². The highest BCUT2D eigenvalue weighted by Crippen LogP contribution is 2.18. The van der Waals surface area contributed by atoms with Crippen LogP contribution < -0.4 is 10.6 Å². The van der Waals surface area contributed by atoms with Crippen molar-refractivity contribution in [3.63, 3.8) is 0 Å². The highest BCUT2D eigenvalue weighted by Gasteiger charge is 2.11. The number of nitrogens with one attached hydrogen (secondary N) is 2. The van der Waals surface area contributed by atoms with Crippen LogP contribution in [0, 0.1) is 11.6 Å². The predicted molar refractivity (Wildman–Crippen MR) is 89.2 cm³/mol. The zero-order valence-corrected chi connectivity index (χ0v) is 13.1. The molecule has 122 valence electrons. The summed E-state index contributed by atoms with van der Waals surface area (Å²) in [5, 5.41) is 9.13. The second kappa shape index (κ2) is 7.14. The third kappa shape index (κ3) is 3.72. The maximum absolute atomic E-state index is 13.5. The molecule has 0 aliphatic rings. The number of hydrogen-bond donors (Lipinski definition) is 2. The lowest BCUT2D eigenvalue weighted by Gasteiger charge is -2.10. The Hall–Kier alpha value is -2.87. The average Bonchev–Trinajstić information content (AvgIpc) is 3.06. The normalized spacial score (nSPS) is 10.4. The Balaban J connectivity index is 1.60. The van der Waals surface area contributed by atoms with Crippen LogP contribution in [-0.2, 0) is 6.54 Å². The summed E-state index contributed by atoms with van der Waals surface area (Å²) in [7, 11) is 0. The minimum atomic E-state index is -0.733. The number of rotatable bonds is 4. The highest BCUT2D eigenvalue weighted by atomic mass is 32.1. The van der Waals surface area contributed by atoms with Gasteiger partial charge in [-0.2, -0.15) is 4.98 Å². The van der Waals surface area contributed by atoms with Gasteiger partial charge in [0.05, 0.1) is 6.54 Å². The van der Waals surface area contributed by atoms with Crippen molar-refractivity contribution in [3.8, 4) is 11.4 Å². The fraction of sp³-hybridized carbons (Fsp3) is 0.0625. The fourth-order valence-electron chi connectivity index (χ4n) is 1.96. The first-order chi connectivity index (χ1) is 11.6. The first-order valence-corrected chi connectivity index (χ1v) is 7.41. The third-order valence-electron chi connectivity index (χ3n) is 3.10. The molecule has 1 heterocycles. The topological polar surface area (TPSA) is 63.0 Å². The monoisotopic (exact) mass is 346 g/mol. The van der Waals surface area contributed by atoms with Crippen molar-refractivity contribution >= 4 is 23.0 Å². The van der Waals surface area contributed by atoms with Crippen molar-refractivity contribution in [2.24, 2.45) is 0 Å². The van der Waals surface area contributed by atoms with Crippen molar-refractivity contribution in [2.45, 2.75) is 6.54 Å². The molecule has 8 heteroatoms. The molecule has 0 bridgehead atoms. The summed E-state index contributed by atoms with van der Waals surface area (Å²) in [5.41, 5.74) is 0.507. The number of thiocarbonyl (C=S) groups is 1. The van der Waals surface area contributed by atoms with E-state index in [0.29, 0.717) is 11.7 Å². The minimum absolute atomic E-state index is 0.0402. The largest absolute Gasteiger partial charge is 0.353 e. The Labute approximate surface area is 141 Å². The van der Waals surface area contributed by atoms with Crippen LogP contribution in [0.15, 0.2) is 53.1 Å². The molecule has 0 unspecified atom stereocenters. The van der Waals surface area contributed by atoms with Crippen molar-refractivity contribution < 1.29 is 13.3 Å². The first-order valence-electron chi connectivity index (χ1n) is 7.00. The zero-order chi connectivity index (χ0) is 16.9. The van der Waals surface area contributed by atoms with Crippen LogP contribution in [0.2, 0.25) is 0 Å². The van der Waals surface area contributed by atoms with Crippen molar-refractivity contribution in [1.82, 2.24) is 15.5 Å². The van der Waals surface area contributed by atoms with E-state index in [0.717, 1.165) is 17.7 Å². The molecule has 0 aliphatic carbocycles. The van der Waals surface area contributed by atoms with Gasteiger partial charge in [-0.25, -0.2) is 8.78 Å². The molecular weight excluding hydrogens is 334 g/mol. The van der Waals surface area contributed by atoms with E-state index in [1.807, 2.05) is 30.3 Å². The fourth-order valence-corrected chi connectivity index (χ4v) is 2.14. The van der Waals surface area contributed by atoms with Gasteiger partial charge < -0.3 is 15.2 Å². The molecule has 2 N–H and O–H groups in total. The Morgan fingerprint density at radius 2 is 1.75 bits per heavy atom. The van der Waals surface area contributed by atoms with E-state index in [4.69, 9.17) is 16.7 Å². The Kier molecular flexibility index (Phi) is 4.76. The maximum atomic E-state index is 13.5. The minimum Gasteiger partial charge on any atom is -0.353 e. The van der Waals surface area contributed by atoms with Crippen LogP contribution in [0.4, 0.5) is 14.5 Å². The zero-order valence-electron chi connectivity index (χ0n) is 12.3. The maximum Gasteiger partial charge on any atom is 0.246 e. The standard InChI is InChI=1S/C16H12F2N4OS/c17-11-7-4-8-12(18)14(11)21-16(24)19-9-13-20-15(22-23-13)10-5-2-1-3-6-10/h1-8H,9H2,(H2,19,21,24). The number of nitrogens with zero attached hydrogens (tertiary/aromatic N) is 2. The van der Waals surface area contributed by atoms with Crippen LogP contribution in [-0.4, -0.2) is 15.3 Å². The SMILES string of the molecule is Fc1cccc(F)c1NC(=S)NCc1nc(-c2ccccc2)no1. The van der Waals surface area contributed by atoms with E-state index in [9.17, 15) is 8.78 Å². The van der Waals surface area contributed by atoms with E-state index >= 15 is 0 Å². The molecule has 2 aromatic carbocycles. The molecule has 0 amide bonds. The van der Waals surface area contributed by atoms with Gasteiger partial charge in [-0.1, -0.05) is 41.6 Å². The summed E-state index contributed by atoms with van der Waals surface area (Å²) in [6, 6.07) is 12.9. The van der Waals surface area contributed by atoms with E-state index < -0.39 is 11.6 Å². The van der Waals surface area contributed by atoms with E-state index in [1.165, 1.54) is 6.07 Å². The van der Waals surface area contributed by atoms with Crippen LogP contribution in [0.3, 0.4) is 0 Å². The molecule has 0 saturated carbocycles. The van der Waals surface area contributed by atoms with Gasteiger partial charge in [0.15, 0.2) is 5.11 Å². The number of para-hydroxylation sites is 1. The number of benzene rings is 2. The van der Waals surface area contributed by atoms with Gasteiger partial charge in [0.2, 0.25) is 11.7 Å². The third-order valence-corrected chi connectivity index (χ3v) is 3.35. The summed E-state index contributed by atoms with van der Waals surface area (Å²) in [5.74, 6) is -0.718. The van der Waals surface area contributed by atoms with Gasteiger partial charge in [0.25, 0.3) is 0 Å². The molecule has 0 spiro atoms. The van der Waals surface area contributed by atoms with Gasteiger partial charge in [-0.05, 0) is 24.4 Å². The number of aromatic nitrogens is 2. The lowest BCUT2D eigenvalue weighted by atomic mass is 10.2. The molecule has 0 atom stereocenters. The summed E-state index contributed by atoms with van der Waals surface area (Å²) in [4.78, 5) is 4.22. The molecule has 3 rings (SSSR count). The number of anilines is 1. The Bertz CT molecular complexity index is 834. The molecule has 0 saturated heterocycles. The lowest BCUT2D eigenvalue weighted by Crippen LogP contribution is -2.28. The summed E-state index contributed by atoms with van der Waals surface area (Å²) in [6.07, 6.45) is 0. The summed E-state index contributed by atoms with van der Waals surface area (Å²) >= 11 is 5.01. The van der Waals surface area contributed by atoms with Gasteiger partial charge in [-0.3, -0.25) is 0 Å². The van der Waals surface area contributed by atoms with Crippen LogP contribution in [0.25, 0.3) is 11.4 Å². The molecular formula is C16H12F2N4OS. The van der Waals surface area contributed by atoms with Crippen LogP contribution >= 0.6 is 12.2 Å². The average molecular weight is 346 g/mol. The van der Waals surface area contributed by atoms with Gasteiger partial charge in [-0.15, -0.1) is 0 Å². The van der Waals surface area contributed by atoms with Gasteiger partial charge in [0.1, 0.15) is 17.3 Å². The first kappa shape index (κ1) is 16.0. The van der Waals surface area contributed by atoms with Crippen molar-refractivity contribution in [2.75, 3.05) is 5.32 Å². The second-order valence-electron chi connectivity index (χ2n) is 4.78. The molecule has 24 heavy (non-hydrogen) atoms. The second-order valence-corrected chi connectivity index (χ2v) is 5.19. The summed E-state index contributed by atoms with van der Waals surface area (Å²) < 4.78 is 32.2. The van der Waals surface area contributed by atoms with E-state index in [2.05, 4.69) is 20.8 Å². The molecule has 1 aromatic heterocycles. The highest BCUT2D eigenvalue weighted by molar-refractivity contribution is 7.80. The van der Waals surface area contributed by atoms with E-state index in [-0.39, 0.29) is 17.3 Å². The molecule has 0 fully saturated rings. The molecule has 3 aromatic rings. The van der Waals surface area contributed by atoms with Crippen LogP contribution in [0.5, 0.6) is 0 Å². The van der Waals surface area contributed by atoms with Gasteiger partial charge in [0, 0.05) is 5.56 Å². The quantitative estimate of drug-likeness (QED) is 0.705. The number of hydrogen-bond acceptors (Lipinski definition) is 4. The summed E-state index contributed by atoms with van der Waals surface area (Å²) in [6.45, 7) is 0.127. The van der Waals surface area contributed by atoms with Crippen LogP contribution in [0.1, 0.15) is 5.89 Å². The van der Waals surface area contributed by atoms with E-state index in [1.54, 1.807) is 0 Å². The molecule has 0 radical (unpaired) electrons. The molecule has 0 aliphatic heterocycles. The predicted octanol–water partition coefficient (Wildman–Crippen LogP) is 3.50.